The molecule has 1 heterocycles. The summed E-state index contributed by atoms with van der Waals surface area (Å²) in [6.45, 7) is 4.25. The monoisotopic (exact) mass is 429 g/mol. The Balaban J connectivity index is 0.00000192. The summed E-state index contributed by atoms with van der Waals surface area (Å²) in [6.07, 6.45) is 4.33. The van der Waals surface area contributed by atoms with Crippen LogP contribution in [0.15, 0.2) is 30.3 Å². The van der Waals surface area contributed by atoms with Gasteiger partial charge in [-0.2, -0.15) is 0 Å². The summed E-state index contributed by atoms with van der Waals surface area (Å²) in [7, 11) is 4.49. The third kappa shape index (κ3) is 4.08. The first-order chi connectivity index (χ1) is 10.4. The fourth-order valence-corrected chi connectivity index (χ4v) is 3.60. The van der Waals surface area contributed by atoms with E-state index in [2.05, 4.69) is 33.2 Å². The van der Waals surface area contributed by atoms with Crippen LogP contribution in [-0.4, -0.2) is 43.7 Å². The van der Waals surface area contributed by atoms with Gasteiger partial charge in [0.1, 0.15) is 6.10 Å². The van der Waals surface area contributed by atoms with Crippen LogP contribution in [0.5, 0.6) is 0 Å². The summed E-state index contributed by atoms with van der Waals surface area (Å²) in [5.41, 5.74) is 0.637. The van der Waals surface area contributed by atoms with Crippen LogP contribution < -0.4 is 24.0 Å². The van der Waals surface area contributed by atoms with Gasteiger partial charge in [-0.1, -0.05) is 30.3 Å². The smallest absolute Gasteiger partial charge is 0.316 e. The Kier molecular flexibility index (Phi) is 5.77. The lowest BCUT2D eigenvalue weighted by Crippen LogP contribution is -3.00. The van der Waals surface area contributed by atoms with Crippen LogP contribution in [-0.2, 0) is 14.9 Å². The Morgan fingerprint density at radius 2 is 1.65 bits per heavy atom. The summed E-state index contributed by atoms with van der Waals surface area (Å²) >= 11 is 0. The molecule has 1 aliphatic carbocycles. The van der Waals surface area contributed by atoms with Crippen LogP contribution in [0.25, 0.3) is 0 Å². The van der Waals surface area contributed by atoms with E-state index in [1.54, 1.807) is 0 Å². The van der Waals surface area contributed by atoms with E-state index in [1.165, 1.54) is 0 Å². The Labute approximate surface area is 157 Å². The number of benzene rings is 1. The lowest BCUT2D eigenvalue weighted by atomic mass is 9.78. The predicted molar refractivity (Wildman–Crippen MR) is 87.5 cm³/mol. The second-order valence-corrected chi connectivity index (χ2v) is 7.83. The van der Waals surface area contributed by atoms with Crippen molar-refractivity contribution in [3.8, 4) is 0 Å². The predicted octanol–water partition coefficient (Wildman–Crippen LogP) is 0.140. The van der Waals surface area contributed by atoms with Crippen molar-refractivity contribution < 1.29 is 38.0 Å². The van der Waals surface area contributed by atoms with Crippen molar-refractivity contribution in [2.24, 2.45) is 5.92 Å². The molecule has 2 aliphatic rings. The molecular formula is C19H28INO2. The van der Waals surface area contributed by atoms with Gasteiger partial charge in [-0.15, -0.1) is 0 Å². The Morgan fingerprint density at radius 1 is 1.09 bits per heavy atom. The van der Waals surface area contributed by atoms with Gasteiger partial charge in [-0.25, -0.2) is 0 Å². The molecular weight excluding hydrogens is 401 g/mol. The molecule has 1 saturated carbocycles. The highest BCUT2D eigenvalue weighted by molar-refractivity contribution is 5.83. The highest BCUT2D eigenvalue weighted by atomic mass is 127. The molecule has 2 fully saturated rings. The number of piperidine rings is 1. The molecule has 128 valence electrons. The van der Waals surface area contributed by atoms with E-state index in [0.29, 0.717) is 5.92 Å². The van der Waals surface area contributed by atoms with Crippen LogP contribution in [0.3, 0.4) is 0 Å². The standard InChI is InChI=1S/C19H28NO2.HI/c1-19(16-9-10-16,15-7-5-4-6-8-15)18(21)22-17-11-13-20(2,3)14-12-17;/h4-8,16-17H,9-14H2,1-3H3;1H/q+1;/p-1. The number of esters is 1. The minimum Gasteiger partial charge on any atom is -1.00 e. The number of quaternary nitrogens is 1. The van der Waals surface area contributed by atoms with E-state index in [4.69, 9.17) is 4.74 Å². The van der Waals surface area contributed by atoms with Gasteiger partial charge in [-0.3, -0.25) is 4.79 Å². The van der Waals surface area contributed by atoms with Crippen LogP contribution >= 0.6 is 0 Å². The summed E-state index contributed by atoms with van der Waals surface area (Å²) < 4.78 is 6.99. The van der Waals surface area contributed by atoms with Gasteiger partial charge in [0.05, 0.1) is 32.6 Å². The normalized spacial score (nSPS) is 23.4. The average molecular weight is 429 g/mol. The van der Waals surface area contributed by atoms with E-state index >= 15 is 0 Å². The quantitative estimate of drug-likeness (QED) is 0.387. The van der Waals surface area contributed by atoms with E-state index in [9.17, 15) is 4.79 Å². The van der Waals surface area contributed by atoms with Crippen molar-refractivity contribution in [1.82, 2.24) is 0 Å². The number of rotatable bonds is 4. The maximum absolute atomic E-state index is 12.9. The zero-order valence-corrected chi connectivity index (χ0v) is 16.6. The molecule has 3 rings (SSSR count). The van der Waals surface area contributed by atoms with Gasteiger partial charge in [0.25, 0.3) is 0 Å². The zero-order valence-electron chi connectivity index (χ0n) is 14.4. The number of halogens is 1. The molecule has 1 unspecified atom stereocenters. The molecule has 1 aromatic carbocycles. The van der Waals surface area contributed by atoms with Gasteiger partial charge >= 0.3 is 5.97 Å². The van der Waals surface area contributed by atoms with E-state index in [-0.39, 0.29) is 36.0 Å². The zero-order chi connectivity index (χ0) is 15.8. The van der Waals surface area contributed by atoms with Gasteiger partial charge in [-0.05, 0) is 31.2 Å². The molecule has 0 bridgehead atoms. The van der Waals surface area contributed by atoms with Crippen molar-refractivity contribution in [2.45, 2.75) is 44.1 Å². The minimum atomic E-state index is -0.469. The number of carbonyl (C=O) groups excluding carboxylic acids is 1. The summed E-state index contributed by atoms with van der Waals surface area (Å²) in [5.74, 6) is 0.427. The van der Waals surface area contributed by atoms with Crippen molar-refractivity contribution in [2.75, 3.05) is 27.2 Å². The molecule has 4 heteroatoms. The number of nitrogens with zero attached hydrogens (tertiary/aromatic N) is 1. The van der Waals surface area contributed by atoms with Gasteiger partial charge in [0.15, 0.2) is 0 Å². The first kappa shape index (κ1) is 18.7. The molecule has 3 nitrogen and oxygen atoms in total. The van der Waals surface area contributed by atoms with Crippen LogP contribution in [0.4, 0.5) is 0 Å². The van der Waals surface area contributed by atoms with Crippen LogP contribution in [0.2, 0.25) is 0 Å². The number of likely N-dealkylation sites (tertiary alicyclic amines) is 1. The van der Waals surface area contributed by atoms with Crippen molar-refractivity contribution in [3.63, 3.8) is 0 Å². The molecule has 0 N–H and O–H groups in total. The molecule has 0 spiro atoms. The lowest BCUT2D eigenvalue weighted by molar-refractivity contribution is -0.896. The molecule has 0 radical (unpaired) electrons. The Bertz CT molecular complexity index is 532. The molecule has 1 aliphatic heterocycles. The highest BCUT2D eigenvalue weighted by Crippen LogP contribution is 2.48. The summed E-state index contributed by atoms with van der Waals surface area (Å²) in [4.78, 5) is 12.9. The molecule has 1 saturated heterocycles. The summed E-state index contributed by atoms with van der Waals surface area (Å²) in [5, 5.41) is 0. The largest absolute Gasteiger partial charge is 1.00 e. The third-order valence-corrected chi connectivity index (χ3v) is 5.58. The topological polar surface area (TPSA) is 26.3 Å². The first-order valence-electron chi connectivity index (χ1n) is 8.50. The molecule has 0 aromatic heterocycles. The molecule has 0 amide bonds. The molecule has 23 heavy (non-hydrogen) atoms. The molecule has 1 atom stereocenters. The maximum Gasteiger partial charge on any atom is 0.316 e. The third-order valence-electron chi connectivity index (χ3n) is 5.58. The maximum atomic E-state index is 12.9. The summed E-state index contributed by atoms with van der Waals surface area (Å²) in [6, 6.07) is 10.2. The number of hydrogen-bond acceptors (Lipinski definition) is 2. The fourth-order valence-electron chi connectivity index (χ4n) is 3.60. The lowest BCUT2D eigenvalue weighted by Gasteiger charge is -2.38. The number of carbonyl (C=O) groups is 1. The van der Waals surface area contributed by atoms with Crippen molar-refractivity contribution >= 4 is 5.97 Å². The van der Waals surface area contributed by atoms with E-state index < -0.39 is 5.41 Å². The van der Waals surface area contributed by atoms with E-state index in [1.807, 2.05) is 18.2 Å². The average Bonchev–Trinajstić information content (AvgIpc) is 3.34. The van der Waals surface area contributed by atoms with Crippen molar-refractivity contribution in [3.05, 3.63) is 35.9 Å². The highest BCUT2D eigenvalue weighted by Gasteiger charge is 2.50. The SMILES string of the molecule is CC(C(=O)OC1CC[N+](C)(C)CC1)(c1ccccc1)C1CC1.[I-]. The number of ether oxygens (including phenoxy) is 1. The second kappa shape index (κ2) is 7.09. The minimum absolute atomic E-state index is 0. The van der Waals surface area contributed by atoms with E-state index in [0.717, 1.165) is 48.8 Å². The number of hydrogen-bond donors (Lipinski definition) is 0. The first-order valence-corrected chi connectivity index (χ1v) is 8.50. The fraction of sp³-hybridized carbons (Fsp3) is 0.632. The Morgan fingerprint density at radius 3 is 2.17 bits per heavy atom. The molecule has 1 aromatic rings. The van der Waals surface area contributed by atoms with Crippen molar-refractivity contribution in [1.29, 1.82) is 0 Å². The van der Waals surface area contributed by atoms with Gasteiger partial charge in [0.2, 0.25) is 0 Å². The van der Waals surface area contributed by atoms with Crippen LogP contribution in [0.1, 0.15) is 38.2 Å². The Hall–Kier alpha value is -0.620. The second-order valence-electron chi connectivity index (χ2n) is 7.83. The van der Waals surface area contributed by atoms with Gasteiger partial charge < -0.3 is 33.2 Å². The van der Waals surface area contributed by atoms with Crippen LogP contribution in [0, 0.1) is 5.92 Å². The van der Waals surface area contributed by atoms with Gasteiger partial charge in [0, 0.05) is 12.8 Å².